The highest BCUT2D eigenvalue weighted by Gasteiger charge is 2.42. The number of nitrogens with two attached hydrogens (primary N) is 1. The van der Waals surface area contributed by atoms with Gasteiger partial charge in [-0.3, -0.25) is 29.2 Å². The third-order valence-electron chi connectivity index (χ3n) is 16.7. The highest BCUT2D eigenvalue weighted by Crippen LogP contribution is 2.50. The van der Waals surface area contributed by atoms with Crippen LogP contribution in [-0.2, 0) is 16.1 Å². The quantitative estimate of drug-likeness (QED) is 0.0772. The van der Waals surface area contributed by atoms with E-state index in [1.807, 2.05) is 10.6 Å². The zero-order valence-electron chi connectivity index (χ0n) is 41.0. The summed E-state index contributed by atoms with van der Waals surface area (Å²) < 4.78 is 32.3. The first-order chi connectivity index (χ1) is 35.4. The summed E-state index contributed by atoms with van der Waals surface area (Å²) in [4.78, 5) is 73.9. The molecule has 386 valence electrons. The van der Waals surface area contributed by atoms with Gasteiger partial charge in [0.1, 0.15) is 23.5 Å². The van der Waals surface area contributed by atoms with E-state index in [1.165, 1.54) is 42.7 Å². The molecular formula is C53H62ClF2N11O4S2. The number of thioether (sulfide) groups is 1. The third-order valence-corrected chi connectivity index (χ3v) is 19.2. The number of nitrogens with zero attached hydrogens (tertiary/aromatic N) is 8. The number of carbonyl (C=O) groups excluding carboxylic acids is 3. The molecular weight excluding hydrogens is 992 g/mol. The molecule has 5 aromatic rings. The molecule has 5 saturated heterocycles. The van der Waals surface area contributed by atoms with E-state index in [9.17, 15) is 23.6 Å². The number of likely N-dealkylation sites (tertiary alicyclic amines) is 1. The maximum absolute atomic E-state index is 15.1. The predicted molar refractivity (Wildman–Crippen MR) is 283 cm³/mol. The van der Waals surface area contributed by atoms with Crippen LogP contribution in [0.1, 0.15) is 104 Å². The number of piperazine rings is 2. The van der Waals surface area contributed by atoms with Gasteiger partial charge in [0.15, 0.2) is 5.13 Å². The van der Waals surface area contributed by atoms with E-state index in [1.54, 1.807) is 23.9 Å². The summed E-state index contributed by atoms with van der Waals surface area (Å²) in [5.41, 5.74) is 10.7. The van der Waals surface area contributed by atoms with Crippen molar-refractivity contribution in [3.8, 4) is 11.1 Å². The lowest BCUT2D eigenvalue weighted by Gasteiger charge is -2.39. The molecule has 73 heavy (non-hydrogen) atoms. The maximum atomic E-state index is 15.1. The number of benzene rings is 3. The van der Waals surface area contributed by atoms with Crippen LogP contribution in [-0.4, -0.2) is 148 Å². The van der Waals surface area contributed by atoms with Crippen molar-refractivity contribution < 1.29 is 23.2 Å². The van der Waals surface area contributed by atoms with Crippen molar-refractivity contribution >= 4 is 84.5 Å². The molecule has 3 unspecified atom stereocenters. The molecule has 0 radical (unpaired) electrons. The number of amides is 3. The maximum Gasteiger partial charge on any atom is 0.350 e. The summed E-state index contributed by atoms with van der Waals surface area (Å²) in [7, 11) is 0. The van der Waals surface area contributed by atoms with E-state index in [-0.39, 0.29) is 59.8 Å². The molecule has 0 aliphatic carbocycles. The zero-order valence-corrected chi connectivity index (χ0v) is 43.4. The van der Waals surface area contributed by atoms with Crippen LogP contribution < -0.4 is 27.0 Å². The molecule has 9 heterocycles. The summed E-state index contributed by atoms with van der Waals surface area (Å²) in [6.45, 7) is 10.4. The first kappa shape index (κ1) is 49.1. The van der Waals surface area contributed by atoms with E-state index in [0.717, 1.165) is 148 Å². The fourth-order valence-electron chi connectivity index (χ4n) is 13.0. The van der Waals surface area contributed by atoms with Crippen molar-refractivity contribution in [2.24, 2.45) is 0 Å². The van der Waals surface area contributed by atoms with Gasteiger partial charge in [0.2, 0.25) is 11.8 Å². The van der Waals surface area contributed by atoms with E-state index >= 15 is 4.39 Å². The Balaban J connectivity index is 0.625. The van der Waals surface area contributed by atoms with Crippen LogP contribution in [0.25, 0.3) is 32.2 Å². The van der Waals surface area contributed by atoms with Gasteiger partial charge in [0.05, 0.1) is 26.8 Å². The monoisotopic (exact) mass is 1050 g/mol. The number of thiazole rings is 1. The van der Waals surface area contributed by atoms with Crippen molar-refractivity contribution in [3.05, 3.63) is 74.2 Å². The van der Waals surface area contributed by atoms with E-state index < -0.39 is 17.8 Å². The summed E-state index contributed by atoms with van der Waals surface area (Å²) in [6, 6.07) is 7.95. The number of rotatable bonds is 14. The van der Waals surface area contributed by atoms with Crippen molar-refractivity contribution in [3.63, 3.8) is 0 Å². The molecule has 7 aliphatic rings. The van der Waals surface area contributed by atoms with Crippen LogP contribution >= 0.6 is 34.7 Å². The van der Waals surface area contributed by atoms with Gasteiger partial charge in [-0.1, -0.05) is 42.2 Å². The van der Waals surface area contributed by atoms with Crippen LogP contribution in [0.2, 0.25) is 5.02 Å². The SMILES string of the molecule is Nc1nc2c(-c3c(Cl)cc4c(N5CC6CCC(C5)N6)nc(=O)n5c4c3SC[C@@H]5CN3CCN(CCCCCCCN4CCC(c5cc(F)cc6c5CN(C5CCC(=O)NC5=O)C6=O)CC4)CC3)ccc(F)c2s1. The molecule has 4 N–H and O–H groups in total. The van der Waals surface area contributed by atoms with Crippen LogP contribution in [0.5, 0.6) is 0 Å². The Bertz CT molecular complexity index is 3060. The predicted octanol–water partition coefficient (Wildman–Crippen LogP) is 6.98. The molecule has 3 aromatic carbocycles. The van der Waals surface area contributed by atoms with Gasteiger partial charge >= 0.3 is 5.69 Å². The van der Waals surface area contributed by atoms with Crippen molar-refractivity contribution in [2.75, 3.05) is 88.4 Å². The zero-order chi connectivity index (χ0) is 50.1. The van der Waals surface area contributed by atoms with Crippen LogP contribution in [0, 0.1) is 11.6 Å². The largest absolute Gasteiger partial charge is 0.375 e. The van der Waals surface area contributed by atoms with Crippen LogP contribution in [0.4, 0.5) is 19.7 Å². The van der Waals surface area contributed by atoms with E-state index in [4.69, 9.17) is 22.3 Å². The molecule has 4 atom stereocenters. The third kappa shape index (κ3) is 9.54. The minimum absolute atomic E-state index is 0.0932. The number of piperidine rings is 2. The fourth-order valence-corrected chi connectivity index (χ4v) is 15.5. The number of hydrogen-bond acceptors (Lipinski definition) is 14. The molecule has 12 rings (SSSR count). The normalized spacial score (nSPS) is 24.1. The van der Waals surface area contributed by atoms with Crippen LogP contribution in [0.3, 0.4) is 0 Å². The van der Waals surface area contributed by atoms with Gasteiger partial charge in [-0.25, -0.2) is 18.6 Å². The lowest BCUT2D eigenvalue weighted by Crippen LogP contribution is -2.52. The highest BCUT2D eigenvalue weighted by atomic mass is 35.5. The number of carbonyl (C=O) groups is 3. The molecule has 3 amide bonds. The van der Waals surface area contributed by atoms with Crippen molar-refractivity contribution in [2.45, 2.75) is 112 Å². The Kier molecular flexibility index (Phi) is 13.7. The number of nitrogens with one attached hydrogen (secondary N) is 2. The number of anilines is 2. The summed E-state index contributed by atoms with van der Waals surface area (Å²) in [6.07, 6.45) is 10.4. The molecule has 20 heteroatoms. The molecule has 7 aliphatic heterocycles. The lowest BCUT2D eigenvalue weighted by atomic mass is 9.85. The number of fused-ring (bicyclic) bond motifs is 4. The number of halogens is 3. The fraction of sp³-hybridized carbons (Fsp3) is 0.547. The first-order valence-corrected chi connectivity index (χ1v) is 28.5. The standard InChI is InChI=1S/C53H62ClF2N11O4S2/c54-40-24-38-46-48(44(40)35-8-9-41(56)47-45(35)60-52(57)73-47)72-29-34(67(46)53(71)61-49(38)65-25-32-6-7-33(26-65)58-32)27-64-20-18-63(19-21-64)15-5-3-1-2-4-14-62-16-12-30(13-17-62)36-22-31(55)23-37-39(36)28-66(51(37)70)42-10-11-43(68)59-50(42)69/h8-9,22-24,30,32-34,42,58H,1-7,10-21,25-29H2,(H2,57,60)(H,59,68,69)/t32?,33?,34-,42?/m0/s1. The highest BCUT2D eigenvalue weighted by molar-refractivity contribution is 7.99. The average Bonchev–Trinajstić information content (AvgIpc) is 4.06. The molecule has 0 spiro atoms. The van der Waals surface area contributed by atoms with E-state index in [0.29, 0.717) is 50.0 Å². The number of aromatic nitrogens is 3. The van der Waals surface area contributed by atoms with Crippen LogP contribution in [0.15, 0.2) is 40.0 Å². The second kappa shape index (κ2) is 20.4. The average molecular weight is 1050 g/mol. The number of nitrogen functional groups attached to an aromatic ring is 1. The second-order valence-corrected chi connectivity index (χ2v) is 23.8. The van der Waals surface area contributed by atoms with Gasteiger partial charge in [0, 0.05) is 104 Å². The smallest absolute Gasteiger partial charge is 0.350 e. The molecule has 15 nitrogen and oxygen atoms in total. The first-order valence-electron chi connectivity index (χ1n) is 26.4. The Labute approximate surface area is 436 Å². The topological polar surface area (TPSA) is 165 Å². The summed E-state index contributed by atoms with van der Waals surface area (Å²) in [5.74, 6) is -0.389. The molecule has 0 saturated carbocycles. The summed E-state index contributed by atoms with van der Waals surface area (Å²) in [5, 5.41) is 7.73. The number of hydrogen-bond donors (Lipinski definition) is 3. The Hall–Kier alpha value is -4.76. The molecule has 5 fully saturated rings. The van der Waals surface area contributed by atoms with Gasteiger partial charge < -0.3 is 30.7 Å². The number of unbranched alkanes of at least 4 members (excludes halogenated alkanes) is 4. The molecule has 2 bridgehead atoms. The van der Waals surface area contributed by atoms with E-state index in [2.05, 4.69) is 35.2 Å². The Morgan fingerprint density at radius 1 is 0.808 bits per heavy atom. The minimum Gasteiger partial charge on any atom is -0.375 e. The second-order valence-electron chi connectivity index (χ2n) is 21.3. The Morgan fingerprint density at radius 2 is 1.52 bits per heavy atom. The Morgan fingerprint density at radius 3 is 2.26 bits per heavy atom. The van der Waals surface area contributed by atoms with Gasteiger partial charge in [-0.05, 0) is 119 Å². The number of imide groups is 1. The van der Waals surface area contributed by atoms with Crippen molar-refractivity contribution in [1.29, 1.82) is 0 Å². The van der Waals surface area contributed by atoms with Gasteiger partial charge in [0.25, 0.3) is 5.91 Å². The molecule has 2 aromatic heterocycles. The lowest BCUT2D eigenvalue weighted by molar-refractivity contribution is -0.136. The van der Waals surface area contributed by atoms with Crippen molar-refractivity contribution in [1.82, 2.24) is 44.8 Å². The minimum atomic E-state index is -0.714. The summed E-state index contributed by atoms with van der Waals surface area (Å²) >= 11 is 10.1. The van der Waals surface area contributed by atoms with Gasteiger partial charge in [-0.15, -0.1) is 11.8 Å². The van der Waals surface area contributed by atoms with Gasteiger partial charge in [-0.2, -0.15) is 4.98 Å².